The summed E-state index contributed by atoms with van der Waals surface area (Å²) in [5, 5.41) is 11.6. The monoisotopic (exact) mass is 453 g/mol. The maximum Gasteiger partial charge on any atom is 0.573 e. The second kappa shape index (κ2) is 8.12. The number of hydrogen-bond acceptors (Lipinski definition) is 6. The zero-order valence-corrected chi connectivity index (χ0v) is 17.4. The van der Waals surface area contributed by atoms with E-state index in [9.17, 15) is 13.2 Å². The summed E-state index contributed by atoms with van der Waals surface area (Å²) >= 11 is 0. The lowest BCUT2D eigenvalue weighted by Crippen LogP contribution is -2.17. The molecule has 5 rings (SSSR count). The second-order valence-corrected chi connectivity index (χ2v) is 7.44. The Morgan fingerprint density at radius 1 is 1.03 bits per heavy atom. The zero-order valence-electron chi connectivity index (χ0n) is 17.4. The van der Waals surface area contributed by atoms with Crippen LogP contribution in [0.1, 0.15) is 5.69 Å². The molecule has 4 aromatic rings. The van der Waals surface area contributed by atoms with E-state index in [2.05, 4.69) is 25.2 Å². The normalized spacial score (nSPS) is 12.8. The molecule has 0 atom stereocenters. The van der Waals surface area contributed by atoms with E-state index in [1.807, 2.05) is 41.8 Å². The lowest BCUT2D eigenvalue weighted by Gasteiger charge is -2.12. The molecule has 0 unspecified atom stereocenters. The van der Waals surface area contributed by atoms with Crippen LogP contribution in [-0.4, -0.2) is 32.7 Å². The maximum absolute atomic E-state index is 12.6. The Bertz CT molecular complexity index is 1320. The van der Waals surface area contributed by atoms with E-state index in [0.717, 1.165) is 22.4 Å². The molecule has 0 aliphatic carbocycles. The molecule has 2 aromatic carbocycles. The summed E-state index contributed by atoms with van der Waals surface area (Å²) < 4.78 is 49.4. The number of fused-ring (bicyclic) bond motifs is 3. The smallest absolute Gasteiger partial charge is 0.491 e. The molecule has 0 saturated carbocycles. The quantitative estimate of drug-likeness (QED) is 0.449. The standard InChI is InChI=1S/C23H18F3N5O2/c1-14-11-16(7-8-27-14)15-5-6-20-19(12-15)21-29-30-22(31(21)9-10-32-20)28-17-3-2-4-18(13-17)33-23(24,25)26/h2-8,11-13H,9-10H2,1H3,(H,28,30). The van der Waals surface area contributed by atoms with Crippen LogP contribution in [0.3, 0.4) is 0 Å². The highest BCUT2D eigenvalue weighted by Gasteiger charge is 2.31. The summed E-state index contributed by atoms with van der Waals surface area (Å²) in [6, 6.07) is 15.3. The number of hydrogen-bond donors (Lipinski definition) is 1. The number of pyridine rings is 1. The fourth-order valence-corrected chi connectivity index (χ4v) is 3.69. The Morgan fingerprint density at radius 2 is 1.88 bits per heavy atom. The van der Waals surface area contributed by atoms with Gasteiger partial charge in [0.25, 0.3) is 0 Å². The van der Waals surface area contributed by atoms with Gasteiger partial charge in [-0.05, 0) is 54.4 Å². The Balaban J connectivity index is 1.49. The average Bonchev–Trinajstić information content (AvgIpc) is 3.05. The van der Waals surface area contributed by atoms with Gasteiger partial charge in [-0.25, -0.2) is 0 Å². The minimum atomic E-state index is -4.77. The molecule has 2 aromatic heterocycles. The number of alkyl halides is 3. The summed E-state index contributed by atoms with van der Waals surface area (Å²) in [6.07, 6.45) is -3.01. The number of benzene rings is 2. The van der Waals surface area contributed by atoms with Crippen molar-refractivity contribution in [2.45, 2.75) is 19.8 Å². The van der Waals surface area contributed by atoms with Gasteiger partial charge >= 0.3 is 6.36 Å². The van der Waals surface area contributed by atoms with Gasteiger partial charge in [-0.15, -0.1) is 23.4 Å². The van der Waals surface area contributed by atoms with E-state index in [1.165, 1.54) is 18.2 Å². The molecule has 33 heavy (non-hydrogen) atoms. The van der Waals surface area contributed by atoms with E-state index < -0.39 is 6.36 Å². The van der Waals surface area contributed by atoms with E-state index in [0.29, 0.717) is 36.4 Å². The van der Waals surface area contributed by atoms with E-state index in [-0.39, 0.29) is 5.75 Å². The molecule has 1 aliphatic heterocycles. The average molecular weight is 453 g/mol. The fourth-order valence-electron chi connectivity index (χ4n) is 3.69. The predicted molar refractivity (Wildman–Crippen MR) is 115 cm³/mol. The van der Waals surface area contributed by atoms with Crippen molar-refractivity contribution in [1.82, 2.24) is 19.7 Å². The van der Waals surface area contributed by atoms with Crippen LogP contribution < -0.4 is 14.8 Å². The Kier molecular flexibility index (Phi) is 5.12. The SMILES string of the molecule is Cc1cc(-c2ccc3c(c2)-c2nnc(Nc4cccc(OC(F)(F)F)c4)n2CCO3)ccn1. The number of aryl methyl sites for hydroxylation is 1. The van der Waals surface area contributed by atoms with Gasteiger partial charge in [0.15, 0.2) is 5.82 Å². The summed E-state index contributed by atoms with van der Waals surface area (Å²) in [5.74, 6) is 1.34. The Labute approximate surface area is 186 Å². The third-order valence-corrected chi connectivity index (χ3v) is 5.10. The lowest BCUT2D eigenvalue weighted by molar-refractivity contribution is -0.274. The third-order valence-electron chi connectivity index (χ3n) is 5.10. The Hall–Kier alpha value is -4.08. The number of halogens is 3. The summed E-state index contributed by atoms with van der Waals surface area (Å²) in [4.78, 5) is 4.24. The first-order chi connectivity index (χ1) is 15.9. The molecule has 168 valence electrons. The molecule has 1 aliphatic rings. The van der Waals surface area contributed by atoms with Crippen molar-refractivity contribution in [3.05, 3.63) is 66.5 Å². The van der Waals surface area contributed by atoms with Gasteiger partial charge in [0.2, 0.25) is 5.95 Å². The number of ether oxygens (including phenoxy) is 2. The molecule has 3 heterocycles. The molecule has 0 saturated heterocycles. The van der Waals surface area contributed by atoms with Crippen molar-refractivity contribution in [3.8, 4) is 34.0 Å². The molecule has 0 radical (unpaired) electrons. The van der Waals surface area contributed by atoms with Crippen molar-refractivity contribution in [2.24, 2.45) is 0 Å². The van der Waals surface area contributed by atoms with Gasteiger partial charge in [-0.1, -0.05) is 12.1 Å². The zero-order chi connectivity index (χ0) is 23.0. The third kappa shape index (κ3) is 4.45. The van der Waals surface area contributed by atoms with Crippen LogP contribution in [-0.2, 0) is 6.54 Å². The van der Waals surface area contributed by atoms with Crippen molar-refractivity contribution >= 4 is 11.6 Å². The van der Waals surface area contributed by atoms with Gasteiger partial charge in [0.1, 0.15) is 18.1 Å². The highest BCUT2D eigenvalue weighted by molar-refractivity contribution is 5.76. The summed E-state index contributed by atoms with van der Waals surface area (Å²) in [7, 11) is 0. The fraction of sp³-hybridized carbons (Fsp3) is 0.174. The summed E-state index contributed by atoms with van der Waals surface area (Å²) in [6.45, 7) is 2.78. The van der Waals surface area contributed by atoms with Gasteiger partial charge in [0.05, 0.1) is 12.1 Å². The van der Waals surface area contributed by atoms with Crippen LogP contribution in [0, 0.1) is 6.92 Å². The van der Waals surface area contributed by atoms with Crippen molar-refractivity contribution in [3.63, 3.8) is 0 Å². The topological polar surface area (TPSA) is 74.1 Å². The number of aromatic nitrogens is 4. The lowest BCUT2D eigenvalue weighted by atomic mass is 10.0. The van der Waals surface area contributed by atoms with Crippen LogP contribution in [0.15, 0.2) is 60.8 Å². The number of rotatable bonds is 4. The van der Waals surface area contributed by atoms with Gasteiger partial charge in [-0.3, -0.25) is 9.55 Å². The highest BCUT2D eigenvalue weighted by atomic mass is 19.4. The van der Waals surface area contributed by atoms with Crippen LogP contribution in [0.25, 0.3) is 22.5 Å². The minimum absolute atomic E-state index is 0.325. The van der Waals surface area contributed by atoms with Gasteiger partial charge in [-0.2, -0.15) is 0 Å². The largest absolute Gasteiger partial charge is 0.573 e. The molecule has 1 N–H and O–H groups in total. The van der Waals surface area contributed by atoms with Crippen LogP contribution >= 0.6 is 0 Å². The molecule has 0 spiro atoms. The molecular weight excluding hydrogens is 435 g/mol. The van der Waals surface area contributed by atoms with E-state index in [4.69, 9.17) is 4.74 Å². The van der Waals surface area contributed by atoms with Crippen molar-refractivity contribution in [1.29, 1.82) is 0 Å². The number of anilines is 2. The van der Waals surface area contributed by atoms with Crippen molar-refractivity contribution < 1.29 is 22.6 Å². The van der Waals surface area contributed by atoms with Crippen LogP contribution in [0.4, 0.5) is 24.8 Å². The van der Waals surface area contributed by atoms with Gasteiger partial charge < -0.3 is 14.8 Å². The first-order valence-electron chi connectivity index (χ1n) is 10.1. The minimum Gasteiger partial charge on any atom is -0.491 e. The first-order valence-corrected chi connectivity index (χ1v) is 10.1. The van der Waals surface area contributed by atoms with Crippen LogP contribution in [0.2, 0.25) is 0 Å². The first kappa shape index (κ1) is 20.8. The molecular formula is C23H18F3N5O2. The van der Waals surface area contributed by atoms with E-state index >= 15 is 0 Å². The van der Waals surface area contributed by atoms with Crippen molar-refractivity contribution in [2.75, 3.05) is 11.9 Å². The molecule has 7 nitrogen and oxygen atoms in total. The van der Waals surface area contributed by atoms with E-state index in [1.54, 1.807) is 12.3 Å². The molecule has 0 fully saturated rings. The predicted octanol–water partition coefficient (Wildman–Crippen LogP) is 5.35. The highest BCUT2D eigenvalue weighted by Crippen LogP contribution is 2.37. The van der Waals surface area contributed by atoms with Gasteiger partial charge in [0, 0.05) is 23.6 Å². The summed E-state index contributed by atoms with van der Waals surface area (Å²) in [5.41, 5.74) is 4.06. The Morgan fingerprint density at radius 3 is 2.70 bits per heavy atom. The number of nitrogens with zero attached hydrogens (tertiary/aromatic N) is 4. The number of nitrogens with one attached hydrogen (secondary N) is 1. The molecule has 0 amide bonds. The molecule has 0 bridgehead atoms. The maximum atomic E-state index is 12.6. The second-order valence-electron chi connectivity index (χ2n) is 7.44. The van der Waals surface area contributed by atoms with Crippen LogP contribution in [0.5, 0.6) is 11.5 Å². The molecule has 10 heteroatoms.